The minimum absolute atomic E-state index is 0.0113. The predicted octanol–water partition coefficient (Wildman–Crippen LogP) is 4.07. The highest BCUT2D eigenvalue weighted by Gasteiger charge is 2.34. The molecule has 3 aromatic rings. The molecule has 2 aromatic carbocycles. The van der Waals surface area contributed by atoms with Crippen molar-refractivity contribution in [3.05, 3.63) is 77.0 Å². The van der Waals surface area contributed by atoms with Crippen molar-refractivity contribution in [3.63, 3.8) is 0 Å². The van der Waals surface area contributed by atoms with Gasteiger partial charge >= 0.3 is 0 Å². The highest BCUT2D eigenvalue weighted by Crippen LogP contribution is 2.34. The molecule has 28 heavy (non-hydrogen) atoms. The van der Waals surface area contributed by atoms with Crippen molar-refractivity contribution in [1.82, 2.24) is 5.43 Å². The van der Waals surface area contributed by atoms with Crippen LogP contribution in [0.15, 0.2) is 70.7 Å². The number of furan rings is 1. The van der Waals surface area contributed by atoms with Crippen LogP contribution < -0.4 is 15.2 Å². The Morgan fingerprint density at radius 3 is 2.61 bits per heavy atom. The number of halogens is 1. The summed E-state index contributed by atoms with van der Waals surface area (Å²) in [4.78, 5) is 24.9. The average molecular weight is 395 g/mol. The van der Waals surface area contributed by atoms with Gasteiger partial charge in [0, 0.05) is 5.02 Å². The number of ether oxygens (including phenoxy) is 1. The zero-order valence-corrected chi connectivity index (χ0v) is 15.6. The molecule has 4 rings (SSSR count). The van der Waals surface area contributed by atoms with E-state index in [-0.39, 0.29) is 5.57 Å². The lowest BCUT2D eigenvalue weighted by Crippen LogP contribution is -2.35. The molecular weight excluding hydrogens is 380 g/mol. The van der Waals surface area contributed by atoms with Crippen molar-refractivity contribution in [2.24, 2.45) is 0 Å². The van der Waals surface area contributed by atoms with Crippen LogP contribution in [0.4, 0.5) is 5.69 Å². The van der Waals surface area contributed by atoms with Crippen molar-refractivity contribution in [2.75, 3.05) is 12.1 Å². The van der Waals surface area contributed by atoms with Crippen molar-refractivity contribution in [3.8, 4) is 17.1 Å². The lowest BCUT2D eigenvalue weighted by Gasteiger charge is -2.13. The molecule has 1 aliphatic rings. The molecule has 0 aliphatic carbocycles. The number of nitrogens with zero attached hydrogens (tertiary/aromatic N) is 1. The van der Waals surface area contributed by atoms with Gasteiger partial charge in [-0.3, -0.25) is 15.0 Å². The van der Waals surface area contributed by atoms with Gasteiger partial charge in [0.05, 0.1) is 18.4 Å². The van der Waals surface area contributed by atoms with Gasteiger partial charge in [-0.05, 0) is 48.5 Å². The molecule has 6 nitrogen and oxygen atoms in total. The summed E-state index contributed by atoms with van der Waals surface area (Å²) >= 11 is 6.07. The fourth-order valence-electron chi connectivity index (χ4n) is 2.91. The van der Waals surface area contributed by atoms with Crippen LogP contribution in [0, 0.1) is 0 Å². The Labute approximate surface area is 165 Å². The van der Waals surface area contributed by atoms with Gasteiger partial charge in [0.25, 0.3) is 11.8 Å². The maximum Gasteiger partial charge on any atom is 0.282 e. The van der Waals surface area contributed by atoms with Crippen LogP contribution in [0.1, 0.15) is 5.76 Å². The second-order valence-corrected chi connectivity index (χ2v) is 6.46. The molecule has 0 spiro atoms. The predicted molar refractivity (Wildman–Crippen MR) is 106 cm³/mol. The third-order valence-electron chi connectivity index (χ3n) is 4.25. The summed E-state index contributed by atoms with van der Waals surface area (Å²) in [5.74, 6) is 0.534. The average Bonchev–Trinajstić information content (AvgIpc) is 3.29. The molecule has 1 aliphatic heterocycles. The zero-order chi connectivity index (χ0) is 19.7. The Hall–Kier alpha value is -3.51. The summed E-state index contributed by atoms with van der Waals surface area (Å²) in [5.41, 5.74) is 3.79. The fraction of sp³-hybridized carbons (Fsp3) is 0.0476. The zero-order valence-electron chi connectivity index (χ0n) is 14.8. The topological polar surface area (TPSA) is 71.8 Å². The number of nitrogens with one attached hydrogen (secondary N) is 1. The van der Waals surface area contributed by atoms with Crippen molar-refractivity contribution in [1.29, 1.82) is 0 Å². The molecule has 1 aromatic heterocycles. The number of anilines is 1. The van der Waals surface area contributed by atoms with E-state index in [4.69, 9.17) is 20.8 Å². The number of carbonyl (C=O) groups excluding carboxylic acids is 2. The fourth-order valence-corrected chi connectivity index (χ4v) is 3.08. The highest BCUT2D eigenvalue weighted by atomic mass is 35.5. The molecule has 1 fully saturated rings. The summed E-state index contributed by atoms with van der Waals surface area (Å²) in [6, 6.07) is 17.5. The maximum absolute atomic E-state index is 12.6. The largest absolute Gasteiger partial charge is 0.496 e. The lowest BCUT2D eigenvalue weighted by atomic mass is 10.1. The molecule has 2 amide bonds. The second kappa shape index (κ2) is 7.25. The first-order chi connectivity index (χ1) is 13.6. The smallest absolute Gasteiger partial charge is 0.282 e. The van der Waals surface area contributed by atoms with Gasteiger partial charge < -0.3 is 9.15 Å². The number of hydrazine groups is 1. The number of hydrogen-bond acceptors (Lipinski definition) is 4. The number of para-hydroxylation sites is 1. The number of amides is 2. The van der Waals surface area contributed by atoms with E-state index in [0.717, 1.165) is 0 Å². The van der Waals surface area contributed by atoms with Gasteiger partial charge in [-0.15, -0.1) is 0 Å². The summed E-state index contributed by atoms with van der Waals surface area (Å²) in [6.07, 6.45) is 1.42. The normalized spacial score (nSPS) is 15.2. The third kappa shape index (κ3) is 3.25. The molecule has 0 bridgehead atoms. The van der Waals surface area contributed by atoms with Crippen LogP contribution in [0.2, 0.25) is 5.02 Å². The summed E-state index contributed by atoms with van der Waals surface area (Å²) in [7, 11) is 1.55. The highest BCUT2D eigenvalue weighted by molar-refractivity contribution is 6.31. The Bertz CT molecular complexity index is 1090. The molecule has 1 saturated heterocycles. The summed E-state index contributed by atoms with van der Waals surface area (Å²) in [6.45, 7) is 0. The first-order valence-corrected chi connectivity index (χ1v) is 8.80. The first kappa shape index (κ1) is 17.9. The van der Waals surface area contributed by atoms with Gasteiger partial charge in [-0.25, -0.2) is 5.01 Å². The Balaban J connectivity index is 1.65. The van der Waals surface area contributed by atoms with Crippen LogP contribution in [0.3, 0.4) is 0 Å². The summed E-state index contributed by atoms with van der Waals surface area (Å²) in [5, 5.41) is 1.74. The monoisotopic (exact) mass is 394 g/mol. The first-order valence-electron chi connectivity index (χ1n) is 8.43. The number of hydrogen-bond donors (Lipinski definition) is 1. The van der Waals surface area contributed by atoms with E-state index in [1.54, 1.807) is 61.7 Å². The van der Waals surface area contributed by atoms with Gasteiger partial charge in [0.1, 0.15) is 22.8 Å². The van der Waals surface area contributed by atoms with Crippen LogP contribution in [0.5, 0.6) is 5.75 Å². The van der Waals surface area contributed by atoms with E-state index in [0.29, 0.717) is 33.5 Å². The number of rotatable bonds is 4. The summed E-state index contributed by atoms with van der Waals surface area (Å²) < 4.78 is 11.1. The Morgan fingerprint density at radius 2 is 1.86 bits per heavy atom. The third-order valence-corrected chi connectivity index (χ3v) is 4.48. The van der Waals surface area contributed by atoms with Gasteiger partial charge in [0.15, 0.2) is 0 Å². The van der Waals surface area contributed by atoms with Gasteiger partial charge in [-0.1, -0.05) is 29.8 Å². The van der Waals surface area contributed by atoms with E-state index in [9.17, 15) is 9.59 Å². The Morgan fingerprint density at radius 1 is 1.07 bits per heavy atom. The number of methoxy groups -OCH3 is 1. The van der Waals surface area contributed by atoms with E-state index < -0.39 is 11.8 Å². The second-order valence-electron chi connectivity index (χ2n) is 6.02. The molecule has 1 N–H and O–H groups in total. The van der Waals surface area contributed by atoms with Crippen molar-refractivity contribution in [2.45, 2.75) is 0 Å². The van der Waals surface area contributed by atoms with Crippen LogP contribution >= 0.6 is 11.6 Å². The minimum Gasteiger partial charge on any atom is -0.496 e. The van der Waals surface area contributed by atoms with Gasteiger partial charge in [-0.2, -0.15) is 0 Å². The molecule has 0 radical (unpaired) electrons. The SMILES string of the molecule is COc1ccc(Cl)cc1-c1ccc(/C=C2/C(=O)NN(c3ccccc3)C2=O)o1. The lowest BCUT2D eigenvalue weighted by molar-refractivity contribution is -0.117. The van der Waals surface area contributed by atoms with Crippen molar-refractivity contribution >= 4 is 35.2 Å². The molecule has 0 saturated carbocycles. The van der Waals surface area contributed by atoms with E-state index in [2.05, 4.69) is 5.43 Å². The standard InChI is InChI=1S/C21H15ClN2O4/c1-27-18-9-7-13(22)11-16(18)19-10-8-15(28-19)12-17-20(25)23-24(21(17)26)14-5-3-2-4-6-14/h2-12H,1H3,(H,23,25)/b17-12-. The molecule has 0 atom stereocenters. The van der Waals surface area contributed by atoms with E-state index >= 15 is 0 Å². The molecule has 0 unspecified atom stereocenters. The van der Waals surface area contributed by atoms with Crippen molar-refractivity contribution < 1.29 is 18.7 Å². The quantitative estimate of drug-likeness (QED) is 0.535. The molecule has 7 heteroatoms. The molecule has 2 heterocycles. The Kier molecular flexibility index (Phi) is 4.63. The number of carbonyl (C=O) groups is 2. The van der Waals surface area contributed by atoms with E-state index in [1.165, 1.54) is 11.1 Å². The maximum atomic E-state index is 12.6. The van der Waals surface area contributed by atoms with Crippen LogP contribution in [0.25, 0.3) is 17.4 Å². The molecule has 140 valence electrons. The van der Waals surface area contributed by atoms with Crippen LogP contribution in [-0.2, 0) is 9.59 Å². The van der Waals surface area contributed by atoms with Crippen LogP contribution in [-0.4, -0.2) is 18.9 Å². The van der Waals surface area contributed by atoms with Gasteiger partial charge in [0.2, 0.25) is 0 Å². The minimum atomic E-state index is -0.493. The molecular formula is C21H15ClN2O4. The van der Waals surface area contributed by atoms with E-state index in [1.807, 2.05) is 6.07 Å². The number of benzene rings is 2.